The summed E-state index contributed by atoms with van der Waals surface area (Å²) in [5.74, 6) is 0.598. The first-order valence-corrected chi connectivity index (χ1v) is 10.8. The van der Waals surface area contributed by atoms with Crippen LogP contribution in [0.1, 0.15) is 23.9 Å². The van der Waals surface area contributed by atoms with Gasteiger partial charge in [0.25, 0.3) is 0 Å². The van der Waals surface area contributed by atoms with Crippen molar-refractivity contribution in [1.82, 2.24) is 19.2 Å². The summed E-state index contributed by atoms with van der Waals surface area (Å²) >= 11 is 5.65. The van der Waals surface area contributed by atoms with E-state index in [9.17, 15) is 9.90 Å². The highest BCUT2D eigenvalue weighted by molar-refractivity contribution is 7.71. The van der Waals surface area contributed by atoms with E-state index in [0.717, 1.165) is 31.0 Å². The maximum atomic E-state index is 11.4. The van der Waals surface area contributed by atoms with E-state index >= 15 is 0 Å². The molecule has 0 spiro atoms. The molecule has 2 N–H and O–H groups in total. The van der Waals surface area contributed by atoms with Crippen molar-refractivity contribution in [3.05, 3.63) is 70.3 Å². The Labute approximate surface area is 186 Å². The summed E-state index contributed by atoms with van der Waals surface area (Å²) in [6, 6.07) is 15.9. The Bertz CT molecular complexity index is 1150. The Morgan fingerprint density at radius 3 is 2.74 bits per heavy atom. The normalized spacial score (nSPS) is 14.8. The van der Waals surface area contributed by atoms with Gasteiger partial charge >= 0.3 is 0 Å². The van der Waals surface area contributed by atoms with Crippen LogP contribution in [0.5, 0.6) is 0 Å². The number of aliphatic hydroxyl groups excluding tert-OH is 1. The lowest BCUT2D eigenvalue weighted by Crippen LogP contribution is -2.38. The van der Waals surface area contributed by atoms with E-state index in [1.807, 2.05) is 35.8 Å². The molecule has 3 aromatic rings. The van der Waals surface area contributed by atoms with Crippen molar-refractivity contribution in [2.24, 2.45) is 0 Å². The number of aromatic nitrogens is 3. The summed E-state index contributed by atoms with van der Waals surface area (Å²) < 4.78 is 4.04. The molecular formula is C23H27N5O2S. The van der Waals surface area contributed by atoms with Crippen LogP contribution in [0.3, 0.4) is 0 Å². The second-order valence-electron chi connectivity index (χ2n) is 7.99. The van der Waals surface area contributed by atoms with E-state index in [4.69, 9.17) is 12.2 Å². The number of anilines is 1. The number of β-amino-alcohol motifs (C(OH)–C–C–N with tert-alkyl or cyclic N) is 1. The molecule has 8 heteroatoms. The van der Waals surface area contributed by atoms with E-state index < -0.39 is 6.10 Å². The minimum atomic E-state index is -0.578. The predicted molar refractivity (Wildman–Crippen MR) is 123 cm³/mol. The monoisotopic (exact) mass is 437 g/mol. The van der Waals surface area contributed by atoms with Gasteiger partial charge in [-0.2, -0.15) is 5.10 Å². The van der Waals surface area contributed by atoms with Crippen molar-refractivity contribution >= 4 is 23.8 Å². The molecule has 1 aliphatic rings. The minimum absolute atomic E-state index is 0.128. The SMILES string of the molecule is CC(=O)Nc1cccc(-n2c(C)nn(CC(O)CN3CCc4ccccc4C3)c2=S)c1. The van der Waals surface area contributed by atoms with Crippen LogP contribution < -0.4 is 5.32 Å². The van der Waals surface area contributed by atoms with Crippen LogP contribution in [0.4, 0.5) is 5.69 Å². The summed E-state index contributed by atoms with van der Waals surface area (Å²) in [6.45, 7) is 6.04. The molecule has 31 heavy (non-hydrogen) atoms. The molecule has 1 atom stereocenters. The van der Waals surface area contributed by atoms with E-state index in [1.54, 1.807) is 4.68 Å². The number of carbonyl (C=O) groups is 1. The lowest BCUT2D eigenvalue weighted by atomic mass is 10.00. The van der Waals surface area contributed by atoms with E-state index in [2.05, 4.69) is 39.6 Å². The molecule has 0 saturated carbocycles. The van der Waals surface area contributed by atoms with Crippen molar-refractivity contribution < 1.29 is 9.90 Å². The quantitative estimate of drug-likeness (QED) is 0.580. The number of aliphatic hydroxyl groups is 1. The average Bonchev–Trinajstić information content (AvgIpc) is 3.00. The highest BCUT2D eigenvalue weighted by atomic mass is 32.1. The fourth-order valence-electron chi connectivity index (χ4n) is 4.12. The molecule has 2 aromatic carbocycles. The third-order valence-corrected chi connectivity index (χ3v) is 5.88. The van der Waals surface area contributed by atoms with Gasteiger partial charge in [0, 0.05) is 32.2 Å². The van der Waals surface area contributed by atoms with Crippen LogP contribution in [0.25, 0.3) is 5.69 Å². The molecule has 0 saturated heterocycles. The molecule has 162 valence electrons. The van der Waals surface area contributed by atoms with Crippen LogP contribution in [0.2, 0.25) is 0 Å². The van der Waals surface area contributed by atoms with Crippen molar-refractivity contribution in [1.29, 1.82) is 0 Å². The molecule has 0 fully saturated rings. The number of benzene rings is 2. The van der Waals surface area contributed by atoms with Gasteiger partial charge in [-0.1, -0.05) is 30.3 Å². The Balaban J connectivity index is 1.47. The van der Waals surface area contributed by atoms with Gasteiger partial charge in [0.2, 0.25) is 10.7 Å². The van der Waals surface area contributed by atoms with Gasteiger partial charge in [-0.15, -0.1) is 0 Å². The number of amides is 1. The molecule has 0 bridgehead atoms. The fourth-order valence-corrected chi connectivity index (χ4v) is 4.48. The summed E-state index contributed by atoms with van der Waals surface area (Å²) in [5.41, 5.74) is 4.25. The molecule has 1 aliphatic heterocycles. The number of nitrogens with one attached hydrogen (secondary N) is 1. The molecule has 1 aromatic heterocycles. The number of rotatable bonds is 6. The zero-order valence-electron chi connectivity index (χ0n) is 17.8. The van der Waals surface area contributed by atoms with E-state index in [-0.39, 0.29) is 5.91 Å². The zero-order chi connectivity index (χ0) is 22.0. The van der Waals surface area contributed by atoms with Gasteiger partial charge in [-0.3, -0.25) is 14.3 Å². The highest BCUT2D eigenvalue weighted by Crippen LogP contribution is 2.20. The first kappa shape index (κ1) is 21.4. The fraction of sp³-hybridized carbons (Fsp3) is 0.348. The number of fused-ring (bicyclic) bond motifs is 1. The first-order valence-electron chi connectivity index (χ1n) is 10.4. The van der Waals surface area contributed by atoms with E-state index in [1.165, 1.54) is 18.1 Å². The van der Waals surface area contributed by atoms with Gasteiger partial charge in [0.05, 0.1) is 18.3 Å². The van der Waals surface area contributed by atoms with Gasteiger partial charge in [0.1, 0.15) is 5.82 Å². The van der Waals surface area contributed by atoms with Gasteiger partial charge in [-0.25, -0.2) is 4.68 Å². The second-order valence-corrected chi connectivity index (χ2v) is 8.35. The number of aryl methyl sites for hydroxylation is 1. The predicted octanol–water partition coefficient (Wildman–Crippen LogP) is 3.09. The molecule has 1 unspecified atom stereocenters. The van der Waals surface area contributed by atoms with Gasteiger partial charge in [0.15, 0.2) is 0 Å². The van der Waals surface area contributed by atoms with E-state index in [0.29, 0.717) is 23.5 Å². The lowest BCUT2D eigenvalue weighted by Gasteiger charge is -2.30. The molecule has 1 amide bonds. The van der Waals surface area contributed by atoms with Crippen LogP contribution in [-0.4, -0.2) is 49.5 Å². The topological polar surface area (TPSA) is 75.3 Å². The maximum Gasteiger partial charge on any atom is 0.221 e. The molecule has 7 nitrogen and oxygen atoms in total. The smallest absolute Gasteiger partial charge is 0.221 e. The van der Waals surface area contributed by atoms with Crippen molar-refractivity contribution in [2.45, 2.75) is 39.5 Å². The second kappa shape index (κ2) is 9.13. The third kappa shape index (κ3) is 4.92. The van der Waals surface area contributed by atoms with Crippen LogP contribution in [0, 0.1) is 11.7 Å². The third-order valence-electron chi connectivity index (χ3n) is 5.49. The number of hydrogen-bond acceptors (Lipinski definition) is 5. The van der Waals surface area contributed by atoms with Crippen LogP contribution >= 0.6 is 12.2 Å². The maximum absolute atomic E-state index is 11.4. The molecule has 0 aliphatic carbocycles. The van der Waals surface area contributed by atoms with Crippen LogP contribution in [0.15, 0.2) is 48.5 Å². The number of nitrogens with zero attached hydrogens (tertiary/aromatic N) is 4. The Kier molecular flexibility index (Phi) is 6.31. The Morgan fingerprint density at radius 1 is 1.19 bits per heavy atom. The summed E-state index contributed by atoms with van der Waals surface area (Å²) in [4.78, 5) is 13.6. The minimum Gasteiger partial charge on any atom is -0.390 e. The zero-order valence-corrected chi connectivity index (χ0v) is 18.6. The van der Waals surface area contributed by atoms with Crippen molar-refractivity contribution in [3.63, 3.8) is 0 Å². The van der Waals surface area contributed by atoms with Crippen molar-refractivity contribution in [2.75, 3.05) is 18.4 Å². The number of hydrogen-bond donors (Lipinski definition) is 2. The Hall–Kier alpha value is -2.81. The van der Waals surface area contributed by atoms with Crippen molar-refractivity contribution in [3.8, 4) is 5.69 Å². The summed E-state index contributed by atoms with van der Waals surface area (Å²) in [6.07, 6.45) is 0.422. The van der Waals surface area contributed by atoms with Crippen LogP contribution in [-0.2, 0) is 24.3 Å². The summed E-state index contributed by atoms with van der Waals surface area (Å²) in [5, 5.41) is 18.1. The van der Waals surface area contributed by atoms with Gasteiger partial charge in [-0.05, 0) is 54.9 Å². The largest absolute Gasteiger partial charge is 0.390 e. The average molecular weight is 438 g/mol. The lowest BCUT2D eigenvalue weighted by molar-refractivity contribution is -0.114. The summed E-state index contributed by atoms with van der Waals surface area (Å²) in [7, 11) is 0. The molecule has 4 rings (SSSR count). The highest BCUT2D eigenvalue weighted by Gasteiger charge is 2.20. The molecular weight excluding hydrogens is 410 g/mol. The Morgan fingerprint density at radius 2 is 1.97 bits per heavy atom. The molecule has 2 heterocycles. The number of carbonyl (C=O) groups excluding carboxylic acids is 1. The molecule has 0 radical (unpaired) electrons. The first-order chi connectivity index (χ1) is 14.9. The van der Waals surface area contributed by atoms with Gasteiger partial charge < -0.3 is 10.4 Å². The standard InChI is InChI=1S/C23H27N5O2S/c1-16-25-27(23(31)28(16)21-9-5-8-20(12-21)24-17(2)29)15-22(30)14-26-11-10-18-6-3-4-7-19(18)13-26/h3-9,12,22,30H,10-11,13-15H2,1-2H3,(H,24,29).